The fourth-order valence-electron chi connectivity index (χ4n) is 2.21. The Morgan fingerprint density at radius 3 is 2.58 bits per heavy atom. The van der Waals surface area contributed by atoms with Crippen LogP contribution < -0.4 is 10.1 Å². The fraction of sp³-hybridized carbons (Fsp3) is 0.211. The quantitative estimate of drug-likeness (QED) is 0.705. The summed E-state index contributed by atoms with van der Waals surface area (Å²) in [4.78, 5) is 11.8. The zero-order valence-corrected chi connectivity index (χ0v) is 14.2. The molecule has 0 aliphatic carbocycles. The topological polar surface area (TPSA) is 77.2 Å². The van der Waals surface area contributed by atoms with Crippen LogP contribution in [0.1, 0.15) is 11.5 Å². The molecule has 0 aliphatic rings. The van der Waals surface area contributed by atoms with Gasteiger partial charge in [-0.15, -0.1) is 10.2 Å². The van der Waals surface area contributed by atoms with Crippen LogP contribution in [0.5, 0.6) is 5.75 Å². The van der Waals surface area contributed by atoms with Crippen molar-refractivity contribution in [3.05, 3.63) is 65.8 Å². The number of hydrogen-bond acceptors (Lipinski definition) is 5. The monoisotopic (exact) mass is 355 g/mol. The summed E-state index contributed by atoms with van der Waals surface area (Å²) >= 11 is 0. The van der Waals surface area contributed by atoms with Crippen LogP contribution in [0.15, 0.2) is 52.9 Å². The van der Waals surface area contributed by atoms with Crippen LogP contribution in [-0.2, 0) is 11.2 Å². The van der Waals surface area contributed by atoms with Gasteiger partial charge in [-0.1, -0.05) is 17.7 Å². The molecule has 0 saturated carbocycles. The number of amides is 1. The molecule has 7 heteroatoms. The second-order valence-electron chi connectivity index (χ2n) is 5.71. The first-order valence-electron chi connectivity index (χ1n) is 8.14. The average molecular weight is 355 g/mol. The Kier molecular flexibility index (Phi) is 5.58. The molecule has 0 fully saturated rings. The number of nitrogens with one attached hydrogen (secondary N) is 1. The van der Waals surface area contributed by atoms with Gasteiger partial charge in [0, 0.05) is 18.5 Å². The lowest BCUT2D eigenvalue weighted by atomic mass is 10.2. The normalized spacial score (nSPS) is 10.5. The van der Waals surface area contributed by atoms with Gasteiger partial charge in [0.1, 0.15) is 11.6 Å². The Balaban J connectivity index is 1.42. The number of ether oxygens (including phenoxy) is 1. The molecule has 0 spiro atoms. The third-order valence-corrected chi connectivity index (χ3v) is 3.61. The maximum atomic E-state index is 12.9. The van der Waals surface area contributed by atoms with Gasteiger partial charge in [-0.05, 0) is 43.3 Å². The third kappa shape index (κ3) is 4.89. The minimum Gasteiger partial charge on any atom is -0.484 e. The highest BCUT2D eigenvalue weighted by Gasteiger charge is 2.09. The van der Waals surface area contributed by atoms with Crippen LogP contribution in [-0.4, -0.2) is 29.3 Å². The Morgan fingerprint density at radius 2 is 1.85 bits per heavy atom. The maximum absolute atomic E-state index is 12.9. The van der Waals surface area contributed by atoms with Crippen LogP contribution in [0, 0.1) is 12.7 Å². The van der Waals surface area contributed by atoms with Crippen molar-refractivity contribution in [2.45, 2.75) is 13.3 Å². The number of carbonyl (C=O) groups is 1. The first kappa shape index (κ1) is 17.6. The Hall–Kier alpha value is -3.22. The second-order valence-corrected chi connectivity index (χ2v) is 5.71. The number of aryl methyl sites for hydroxylation is 1. The second kappa shape index (κ2) is 8.24. The predicted octanol–water partition coefficient (Wildman–Crippen LogP) is 2.92. The molecule has 26 heavy (non-hydrogen) atoms. The van der Waals surface area contributed by atoms with Gasteiger partial charge >= 0.3 is 0 Å². The standard InChI is InChI=1S/C19H18FN3O3/c1-13-2-8-16(9-3-13)25-12-17(24)21-11-10-18-22-23-19(26-18)14-4-6-15(20)7-5-14/h2-9H,10-12H2,1H3,(H,21,24). The van der Waals surface area contributed by atoms with Gasteiger partial charge < -0.3 is 14.5 Å². The average Bonchev–Trinajstić information content (AvgIpc) is 3.11. The van der Waals surface area contributed by atoms with E-state index in [4.69, 9.17) is 9.15 Å². The molecule has 0 atom stereocenters. The molecule has 2 aromatic carbocycles. The van der Waals surface area contributed by atoms with Crippen molar-refractivity contribution in [2.75, 3.05) is 13.2 Å². The SMILES string of the molecule is Cc1ccc(OCC(=O)NCCc2nnc(-c3ccc(F)cc3)o2)cc1. The van der Waals surface area contributed by atoms with Crippen molar-refractivity contribution < 1.29 is 18.3 Å². The minimum atomic E-state index is -0.330. The first-order valence-corrected chi connectivity index (χ1v) is 8.14. The summed E-state index contributed by atoms with van der Waals surface area (Å²) in [6.07, 6.45) is 0.393. The van der Waals surface area contributed by atoms with E-state index in [0.717, 1.165) is 5.56 Å². The van der Waals surface area contributed by atoms with Crippen molar-refractivity contribution in [3.63, 3.8) is 0 Å². The number of halogens is 1. The fourth-order valence-corrected chi connectivity index (χ4v) is 2.21. The molecule has 3 rings (SSSR count). The van der Waals surface area contributed by atoms with E-state index >= 15 is 0 Å². The summed E-state index contributed by atoms with van der Waals surface area (Å²) in [5.41, 5.74) is 1.77. The maximum Gasteiger partial charge on any atom is 0.257 e. The zero-order chi connectivity index (χ0) is 18.4. The van der Waals surface area contributed by atoms with E-state index in [0.29, 0.717) is 36.1 Å². The highest BCUT2D eigenvalue weighted by Crippen LogP contribution is 2.18. The van der Waals surface area contributed by atoms with Crippen LogP contribution in [0.4, 0.5) is 4.39 Å². The lowest BCUT2D eigenvalue weighted by Crippen LogP contribution is -2.30. The van der Waals surface area contributed by atoms with Crippen molar-refractivity contribution in [3.8, 4) is 17.2 Å². The highest BCUT2D eigenvalue weighted by molar-refractivity contribution is 5.77. The van der Waals surface area contributed by atoms with Crippen molar-refractivity contribution in [2.24, 2.45) is 0 Å². The van der Waals surface area contributed by atoms with Gasteiger partial charge in [-0.25, -0.2) is 4.39 Å². The molecule has 0 bridgehead atoms. The molecular weight excluding hydrogens is 337 g/mol. The van der Waals surface area contributed by atoms with Crippen LogP contribution in [0.3, 0.4) is 0 Å². The molecule has 6 nitrogen and oxygen atoms in total. The van der Waals surface area contributed by atoms with Crippen LogP contribution in [0.25, 0.3) is 11.5 Å². The molecule has 0 aliphatic heterocycles. The molecule has 1 aromatic heterocycles. The van der Waals surface area contributed by atoms with Gasteiger partial charge in [0.25, 0.3) is 5.91 Å². The molecule has 0 saturated heterocycles. The van der Waals surface area contributed by atoms with E-state index in [2.05, 4.69) is 15.5 Å². The van der Waals surface area contributed by atoms with Crippen molar-refractivity contribution in [1.82, 2.24) is 15.5 Å². The smallest absolute Gasteiger partial charge is 0.257 e. The molecule has 134 valence electrons. The van der Waals surface area contributed by atoms with E-state index in [-0.39, 0.29) is 18.3 Å². The lowest BCUT2D eigenvalue weighted by molar-refractivity contribution is -0.123. The Morgan fingerprint density at radius 1 is 1.12 bits per heavy atom. The van der Waals surface area contributed by atoms with E-state index in [1.807, 2.05) is 31.2 Å². The molecule has 0 radical (unpaired) electrons. The summed E-state index contributed by atoms with van der Waals surface area (Å²) in [6, 6.07) is 13.3. The van der Waals surface area contributed by atoms with Gasteiger partial charge in [-0.2, -0.15) is 0 Å². The van der Waals surface area contributed by atoms with Gasteiger partial charge in [0.15, 0.2) is 6.61 Å². The van der Waals surface area contributed by atoms with E-state index in [1.54, 1.807) is 12.1 Å². The minimum absolute atomic E-state index is 0.0618. The third-order valence-electron chi connectivity index (χ3n) is 3.61. The van der Waals surface area contributed by atoms with Crippen LogP contribution >= 0.6 is 0 Å². The number of aromatic nitrogens is 2. The summed E-state index contributed by atoms with van der Waals surface area (Å²) in [5.74, 6) is 0.789. The summed E-state index contributed by atoms with van der Waals surface area (Å²) in [6.45, 7) is 2.27. The number of carbonyl (C=O) groups excluding carboxylic acids is 1. The Labute approximate surface area is 150 Å². The van der Waals surface area contributed by atoms with Gasteiger partial charge in [0.2, 0.25) is 11.8 Å². The number of hydrogen-bond donors (Lipinski definition) is 1. The zero-order valence-electron chi connectivity index (χ0n) is 14.2. The first-order chi connectivity index (χ1) is 12.6. The van der Waals surface area contributed by atoms with Crippen LogP contribution in [0.2, 0.25) is 0 Å². The molecule has 3 aromatic rings. The number of nitrogens with zero attached hydrogens (tertiary/aromatic N) is 2. The van der Waals surface area contributed by atoms with E-state index in [9.17, 15) is 9.18 Å². The van der Waals surface area contributed by atoms with E-state index in [1.165, 1.54) is 12.1 Å². The van der Waals surface area contributed by atoms with Gasteiger partial charge in [0.05, 0.1) is 0 Å². The summed E-state index contributed by atoms with van der Waals surface area (Å²) in [5, 5.41) is 10.6. The number of benzene rings is 2. The molecule has 1 N–H and O–H groups in total. The Bertz CT molecular complexity index is 860. The summed E-state index contributed by atoms with van der Waals surface area (Å²) in [7, 11) is 0. The highest BCUT2D eigenvalue weighted by atomic mass is 19.1. The lowest BCUT2D eigenvalue weighted by Gasteiger charge is -2.06. The van der Waals surface area contributed by atoms with E-state index < -0.39 is 0 Å². The summed E-state index contributed by atoms with van der Waals surface area (Å²) < 4.78 is 23.8. The molecular formula is C19H18FN3O3. The largest absolute Gasteiger partial charge is 0.484 e. The van der Waals surface area contributed by atoms with Crippen molar-refractivity contribution in [1.29, 1.82) is 0 Å². The number of rotatable bonds is 7. The molecule has 0 unspecified atom stereocenters. The van der Waals surface area contributed by atoms with Crippen molar-refractivity contribution >= 4 is 5.91 Å². The molecule has 1 heterocycles. The predicted molar refractivity (Wildman–Crippen MR) is 93.1 cm³/mol. The van der Waals surface area contributed by atoms with Gasteiger partial charge in [-0.3, -0.25) is 4.79 Å². The molecule has 1 amide bonds.